The Morgan fingerprint density at radius 3 is 2.35 bits per heavy atom. The van der Waals surface area contributed by atoms with Gasteiger partial charge in [0.05, 0.1) is 18.6 Å². The summed E-state index contributed by atoms with van der Waals surface area (Å²) in [5.41, 5.74) is 9.65. The highest BCUT2D eigenvalue weighted by molar-refractivity contribution is 6.00. The maximum atomic E-state index is 10.1. The second kappa shape index (κ2) is 8.28. The van der Waals surface area contributed by atoms with Crippen LogP contribution in [0.5, 0.6) is 17.2 Å². The van der Waals surface area contributed by atoms with E-state index in [1.54, 1.807) is 32.2 Å². The Morgan fingerprint density at radius 1 is 1.00 bits per heavy atom. The average molecular weight is 418 g/mol. The molecular formula is C24H26N4O3. The lowest BCUT2D eigenvalue weighted by molar-refractivity contribution is 0.195. The fourth-order valence-corrected chi connectivity index (χ4v) is 3.63. The van der Waals surface area contributed by atoms with Gasteiger partial charge in [-0.2, -0.15) is 0 Å². The molecule has 2 aromatic heterocycles. The topological polar surface area (TPSA) is 95.4 Å². The van der Waals surface area contributed by atoms with Crippen molar-refractivity contribution in [3.63, 3.8) is 0 Å². The molecule has 0 saturated heterocycles. The van der Waals surface area contributed by atoms with Gasteiger partial charge in [-0.3, -0.25) is 0 Å². The van der Waals surface area contributed by atoms with Crippen molar-refractivity contribution < 1.29 is 14.6 Å². The number of aliphatic hydroxyl groups excluding tert-OH is 1. The lowest BCUT2D eigenvalue weighted by Gasteiger charge is -2.14. The third-order valence-electron chi connectivity index (χ3n) is 5.26. The number of nitrogens with two attached hydrogens (primary N) is 1. The molecule has 7 nitrogen and oxygen atoms in total. The van der Waals surface area contributed by atoms with Crippen LogP contribution in [0.1, 0.15) is 38.5 Å². The molecule has 1 atom stereocenters. The number of aliphatic hydroxyl groups is 1. The van der Waals surface area contributed by atoms with Gasteiger partial charge in [0.1, 0.15) is 35.0 Å². The van der Waals surface area contributed by atoms with Crippen molar-refractivity contribution in [2.24, 2.45) is 0 Å². The zero-order valence-corrected chi connectivity index (χ0v) is 18.0. The lowest BCUT2D eigenvalue weighted by atomic mass is 10.1. The Bertz CT molecular complexity index is 1210. The van der Waals surface area contributed by atoms with Gasteiger partial charge < -0.3 is 24.9 Å². The van der Waals surface area contributed by atoms with E-state index in [1.807, 2.05) is 24.3 Å². The minimum absolute atomic E-state index is 0.236. The molecule has 0 amide bonds. The van der Waals surface area contributed by atoms with E-state index in [4.69, 9.17) is 15.2 Å². The average Bonchev–Trinajstić information content (AvgIpc) is 3.15. The number of aromatic nitrogens is 3. The number of benzene rings is 2. The molecule has 160 valence electrons. The minimum atomic E-state index is -0.662. The summed E-state index contributed by atoms with van der Waals surface area (Å²) in [4.78, 5) is 8.61. The first-order valence-electron chi connectivity index (χ1n) is 10.1. The predicted molar refractivity (Wildman–Crippen MR) is 121 cm³/mol. The Labute approximate surface area is 181 Å². The predicted octanol–water partition coefficient (Wildman–Crippen LogP) is 5.12. The largest absolute Gasteiger partial charge is 0.497 e. The number of hydrogen-bond acceptors (Lipinski definition) is 6. The van der Waals surface area contributed by atoms with Gasteiger partial charge in [0.15, 0.2) is 0 Å². The summed E-state index contributed by atoms with van der Waals surface area (Å²) < 4.78 is 13.5. The second-order valence-electron chi connectivity index (χ2n) is 7.71. The van der Waals surface area contributed by atoms with E-state index in [9.17, 15) is 5.11 Å². The van der Waals surface area contributed by atoms with E-state index in [-0.39, 0.29) is 6.04 Å². The Morgan fingerprint density at radius 2 is 1.71 bits per heavy atom. The first-order chi connectivity index (χ1) is 14.9. The summed E-state index contributed by atoms with van der Waals surface area (Å²) in [7, 11) is 1.60. The number of ether oxygens (including phenoxy) is 2. The van der Waals surface area contributed by atoms with Crippen LogP contribution in [-0.2, 0) is 0 Å². The first-order valence-corrected chi connectivity index (χ1v) is 10.1. The van der Waals surface area contributed by atoms with Gasteiger partial charge in [0.25, 0.3) is 0 Å². The van der Waals surface area contributed by atoms with Crippen LogP contribution < -0.4 is 15.2 Å². The van der Waals surface area contributed by atoms with Gasteiger partial charge in [0, 0.05) is 29.4 Å². The first kappa shape index (κ1) is 20.7. The number of nitrogen functional groups attached to an aromatic ring is 1. The summed E-state index contributed by atoms with van der Waals surface area (Å²) in [6, 6.07) is 13.3. The van der Waals surface area contributed by atoms with Crippen LogP contribution in [0, 0.1) is 0 Å². The zero-order valence-electron chi connectivity index (χ0n) is 18.0. The number of rotatable bonds is 6. The molecule has 4 aromatic rings. The van der Waals surface area contributed by atoms with Gasteiger partial charge in [-0.05, 0) is 50.6 Å². The fraction of sp³-hybridized carbons (Fsp3) is 0.250. The third kappa shape index (κ3) is 3.92. The normalized spacial score (nSPS) is 12.3. The van der Waals surface area contributed by atoms with Crippen LogP contribution in [0.4, 0.5) is 5.82 Å². The maximum Gasteiger partial charge on any atom is 0.146 e. The van der Waals surface area contributed by atoms with Gasteiger partial charge in [0.2, 0.25) is 0 Å². The lowest BCUT2D eigenvalue weighted by Crippen LogP contribution is -2.00. The van der Waals surface area contributed by atoms with Crippen molar-refractivity contribution in [2.75, 3.05) is 12.8 Å². The number of anilines is 1. The van der Waals surface area contributed by atoms with Gasteiger partial charge >= 0.3 is 0 Å². The molecule has 4 rings (SSSR count). The molecule has 0 aliphatic heterocycles. The summed E-state index contributed by atoms with van der Waals surface area (Å²) in [5.74, 6) is 2.32. The molecule has 0 spiro atoms. The monoisotopic (exact) mass is 418 g/mol. The Hall–Kier alpha value is -3.58. The highest BCUT2D eigenvalue weighted by atomic mass is 16.5. The smallest absolute Gasteiger partial charge is 0.146 e. The molecule has 0 saturated carbocycles. The molecule has 0 radical (unpaired) electrons. The Kier molecular flexibility index (Phi) is 5.52. The fourth-order valence-electron chi connectivity index (χ4n) is 3.63. The van der Waals surface area contributed by atoms with Crippen LogP contribution in [0.15, 0.2) is 55.0 Å². The van der Waals surface area contributed by atoms with Crippen molar-refractivity contribution in [3.05, 3.63) is 60.6 Å². The van der Waals surface area contributed by atoms with Gasteiger partial charge in [-0.15, -0.1) is 0 Å². The van der Waals surface area contributed by atoms with Crippen molar-refractivity contribution in [2.45, 2.75) is 32.9 Å². The summed E-state index contributed by atoms with van der Waals surface area (Å²) in [5, 5.41) is 10.9. The summed E-state index contributed by atoms with van der Waals surface area (Å²) in [6.45, 7) is 5.91. The van der Waals surface area contributed by atoms with E-state index in [0.29, 0.717) is 28.6 Å². The molecule has 0 fully saturated rings. The van der Waals surface area contributed by atoms with Crippen LogP contribution in [0.2, 0.25) is 0 Å². The number of fused-ring (bicyclic) bond motifs is 1. The van der Waals surface area contributed by atoms with Crippen LogP contribution in [-0.4, -0.2) is 26.8 Å². The van der Waals surface area contributed by atoms with Crippen molar-refractivity contribution in [1.29, 1.82) is 0 Å². The van der Waals surface area contributed by atoms with Gasteiger partial charge in [-0.25, -0.2) is 9.97 Å². The maximum absolute atomic E-state index is 10.1. The van der Waals surface area contributed by atoms with E-state index in [2.05, 4.69) is 34.6 Å². The molecule has 0 aliphatic rings. The van der Waals surface area contributed by atoms with Crippen molar-refractivity contribution >= 4 is 16.9 Å². The van der Waals surface area contributed by atoms with E-state index in [1.165, 1.54) is 6.33 Å². The second-order valence-corrected chi connectivity index (χ2v) is 7.71. The van der Waals surface area contributed by atoms with E-state index >= 15 is 0 Å². The molecule has 1 unspecified atom stereocenters. The summed E-state index contributed by atoms with van der Waals surface area (Å²) in [6.07, 6.45) is 2.89. The van der Waals surface area contributed by atoms with Gasteiger partial charge in [-0.1, -0.05) is 12.1 Å². The zero-order chi connectivity index (χ0) is 22.1. The molecule has 3 N–H and O–H groups in total. The number of methoxy groups -OCH3 is 1. The van der Waals surface area contributed by atoms with E-state index in [0.717, 1.165) is 22.2 Å². The number of nitrogens with zero attached hydrogens (tertiary/aromatic N) is 3. The molecular weight excluding hydrogens is 392 g/mol. The minimum Gasteiger partial charge on any atom is -0.497 e. The van der Waals surface area contributed by atoms with Crippen LogP contribution in [0.25, 0.3) is 22.2 Å². The van der Waals surface area contributed by atoms with Crippen LogP contribution >= 0.6 is 0 Å². The van der Waals surface area contributed by atoms with Crippen molar-refractivity contribution in [1.82, 2.24) is 14.5 Å². The molecule has 2 heterocycles. The quantitative estimate of drug-likeness (QED) is 0.451. The molecule has 7 heteroatoms. The molecule has 2 aromatic carbocycles. The summed E-state index contributed by atoms with van der Waals surface area (Å²) >= 11 is 0. The van der Waals surface area contributed by atoms with Crippen molar-refractivity contribution in [3.8, 4) is 28.4 Å². The van der Waals surface area contributed by atoms with E-state index < -0.39 is 6.10 Å². The Balaban J connectivity index is 1.71. The highest BCUT2D eigenvalue weighted by Crippen LogP contribution is 2.37. The number of hydrogen-bond donors (Lipinski definition) is 2. The molecule has 0 aliphatic carbocycles. The van der Waals surface area contributed by atoms with Crippen LogP contribution in [0.3, 0.4) is 0 Å². The SMILES string of the molecule is COc1ccc(C(C)O)c(Oc2ccc(-c3cn(C(C)C)c4ncnc(N)c34)cc2)c1. The molecule has 0 bridgehead atoms. The third-order valence-corrected chi connectivity index (χ3v) is 5.26. The highest BCUT2D eigenvalue weighted by Gasteiger charge is 2.17. The standard InChI is InChI=1S/C24H26N4O3/c1-14(2)28-12-20(22-23(25)26-13-27-24(22)28)16-5-7-17(8-6-16)31-21-11-18(30-4)9-10-19(21)15(3)29/h5-15,29H,1-4H3,(H2,25,26,27). The molecule has 31 heavy (non-hydrogen) atoms.